The number of sulfonamides is 1. The zero-order valence-electron chi connectivity index (χ0n) is 12.7. The van der Waals surface area contributed by atoms with Gasteiger partial charge in [-0.25, -0.2) is 8.42 Å². The molecule has 6 heteroatoms. The maximum atomic E-state index is 12.4. The lowest BCUT2D eigenvalue weighted by molar-refractivity contribution is 0.601. The van der Waals surface area contributed by atoms with E-state index < -0.39 is 10.0 Å². The second-order valence-electron chi connectivity index (χ2n) is 4.97. The quantitative estimate of drug-likeness (QED) is 0.672. The summed E-state index contributed by atoms with van der Waals surface area (Å²) < 4.78 is 27.4. The predicted molar refractivity (Wildman–Crippen MR) is 94.3 cm³/mol. The number of nitrogens with one attached hydrogen (secondary N) is 1. The van der Waals surface area contributed by atoms with Gasteiger partial charge in [0, 0.05) is 0 Å². The van der Waals surface area contributed by atoms with Gasteiger partial charge in [-0.2, -0.15) is 5.11 Å². The molecule has 0 heterocycles. The number of hydrogen-bond donors (Lipinski definition) is 1. The van der Waals surface area contributed by atoms with Crippen molar-refractivity contribution in [2.24, 2.45) is 10.2 Å². The standard InChI is InChI=1S/C18H15N3O2S/c22-24(23,16-11-5-2-6-12-16)21-18-14-8-7-13-17(18)20-19-15-9-3-1-4-10-15/h1-14,21H. The summed E-state index contributed by atoms with van der Waals surface area (Å²) in [6.07, 6.45) is 0. The molecular formula is C18H15N3O2S. The lowest BCUT2D eigenvalue weighted by Gasteiger charge is -2.09. The van der Waals surface area contributed by atoms with Gasteiger partial charge in [-0.1, -0.05) is 48.5 Å². The van der Waals surface area contributed by atoms with E-state index in [9.17, 15) is 8.42 Å². The van der Waals surface area contributed by atoms with Crippen molar-refractivity contribution in [2.45, 2.75) is 4.90 Å². The lowest BCUT2D eigenvalue weighted by atomic mass is 10.3. The van der Waals surface area contributed by atoms with E-state index in [1.807, 2.05) is 30.3 Å². The van der Waals surface area contributed by atoms with E-state index in [4.69, 9.17) is 0 Å². The molecule has 0 bridgehead atoms. The van der Waals surface area contributed by atoms with Gasteiger partial charge < -0.3 is 0 Å². The highest BCUT2D eigenvalue weighted by Crippen LogP contribution is 2.28. The van der Waals surface area contributed by atoms with Crippen LogP contribution in [0.4, 0.5) is 17.1 Å². The topological polar surface area (TPSA) is 70.9 Å². The van der Waals surface area contributed by atoms with Crippen molar-refractivity contribution in [2.75, 3.05) is 4.72 Å². The van der Waals surface area contributed by atoms with E-state index in [1.165, 1.54) is 12.1 Å². The van der Waals surface area contributed by atoms with Gasteiger partial charge in [0.2, 0.25) is 0 Å². The van der Waals surface area contributed by atoms with Crippen molar-refractivity contribution in [1.29, 1.82) is 0 Å². The third-order valence-electron chi connectivity index (χ3n) is 3.23. The number of hydrogen-bond acceptors (Lipinski definition) is 4. The molecule has 0 aliphatic carbocycles. The third-order valence-corrected chi connectivity index (χ3v) is 4.61. The molecule has 0 radical (unpaired) electrons. The highest BCUT2D eigenvalue weighted by Gasteiger charge is 2.15. The summed E-state index contributed by atoms with van der Waals surface area (Å²) in [7, 11) is -3.67. The zero-order valence-corrected chi connectivity index (χ0v) is 13.5. The molecule has 5 nitrogen and oxygen atoms in total. The van der Waals surface area contributed by atoms with E-state index in [0.29, 0.717) is 17.1 Å². The second kappa shape index (κ2) is 7.06. The molecule has 0 aliphatic heterocycles. The Hall–Kier alpha value is -2.99. The van der Waals surface area contributed by atoms with Crippen LogP contribution in [0.2, 0.25) is 0 Å². The smallest absolute Gasteiger partial charge is 0.261 e. The average molecular weight is 337 g/mol. The summed E-state index contributed by atoms with van der Waals surface area (Å²) in [5.41, 5.74) is 1.51. The molecule has 0 amide bonds. The number of nitrogens with zero attached hydrogens (tertiary/aromatic N) is 2. The van der Waals surface area contributed by atoms with Gasteiger partial charge >= 0.3 is 0 Å². The Bertz CT molecular complexity index is 940. The minimum Gasteiger partial charge on any atom is -0.277 e. The Labute approximate surface area is 140 Å². The number of benzene rings is 3. The molecule has 0 fully saturated rings. The van der Waals surface area contributed by atoms with Crippen LogP contribution < -0.4 is 4.72 Å². The maximum absolute atomic E-state index is 12.4. The van der Waals surface area contributed by atoms with Gasteiger partial charge in [0.1, 0.15) is 5.69 Å². The first-order valence-electron chi connectivity index (χ1n) is 7.29. The Kier molecular flexibility index (Phi) is 4.67. The SMILES string of the molecule is O=S(=O)(Nc1ccccc1N=Nc1ccccc1)c1ccccc1. The summed E-state index contributed by atoms with van der Waals surface area (Å²) >= 11 is 0. The minimum atomic E-state index is -3.67. The highest BCUT2D eigenvalue weighted by molar-refractivity contribution is 7.92. The molecule has 1 N–H and O–H groups in total. The molecule has 24 heavy (non-hydrogen) atoms. The van der Waals surface area contributed by atoms with E-state index >= 15 is 0 Å². The van der Waals surface area contributed by atoms with Crippen molar-refractivity contribution in [3.63, 3.8) is 0 Å². The fourth-order valence-electron chi connectivity index (χ4n) is 2.06. The molecule has 0 aliphatic rings. The highest BCUT2D eigenvalue weighted by atomic mass is 32.2. The van der Waals surface area contributed by atoms with Crippen LogP contribution in [0.1, 0.15) is 0 Å². The van der Waals surface area contributed by atoms with E-state index in [1.54, 1.807) is 42.5 Å². The summed E-state index contributed by atoms with van der Waals surface area (Å²) in [6, 6.07) is 24.3. The van der Waals surface area contributed by atoms with Crippen molar-refractivity contribution in [3.8, 4) is 0 Å². The predicted octanol–water partition coefficient (Wildman–Crippen LogP) is 4.90. The number of anilines is 1. The molecule has 0 spiro atoms. The first kappa shape index (κ1) is 15.9. The fourth-order valence-corrected chi connectivity index (χ4v) is 3.15. The number of rotatable bonds is 5. The molecule has 3 aromatic carbocycles. The maximum Gasteiger partial charge on any atom is 0.261 e. The molecule has 0 saturated heterocycles. The first-order chi connectivity index (χ1) is 11.6. The summed E-state index contributed by atoms with van der Waals surface area (Å²) in [4.78, 5) is 0.194. The summed E-state index contributed by atoms with van der Waals surface area (Å²) in [5.74, 6) is 0. The van der Waals surface area contributed by atoms with E-state index in [-0.39, 0.29) is 4.90 Å². The van der Waals surface area contributed by atoms with Crippen molar-refractivity contribution in [1.82, 2.24) is 0 Å². The molecule has 0 aromatic heterocycles. The van der Waals surface area contributed by atoms with Crippen LogP contribution in [0.25, 0.3) is 0 Å². The van der Waals surface area contributed by atoms with Crippen LogP contribution in [-0.4, -0.2) is 8.42 Å². The van der Waals surface area contributed by atoms with Crippen molar-refractivity contribution in [3.05, 3.63) is 84.9 Å². The van der Waals surface area contributed by atoms with Crippen LogP contribution in [0, 0.1) is 0 Å². The average Bonchev–Trinajstić information content (AvgIpc) is 2.62. The Morgan fingerprint density at radius 2 is 1.25 bits per heavy atom. The summed E-state index contributed by atoms with van der Waals surface area (Å²) in [5, 5.41) is 8.28. The normalized spacial score (nSPS) is 11.5. The molecule has 0 saturated carbocycles. The van der Waals surface area contributed by atoms with E-state index in [0.717, 1.165) is 0 Å². The molecule has 3 aromatic rings. The lowest BCUT2D eigenvalue weighted by Crippen LogP contribution is -2.12. The van der Waals surface area contributed by atoms with Crippen LogP contribution in [0.3, 0.4) is 0 Å². The minimum absolute atomic E-state index is 0.194. The number of para-hydroxylation sites is 1. The largest absolute Gasteiger partial charge is 0.277 e. The number of azo groups is 1. The fraction of sp³-hybridized carbons (Fsp3) is 0. The van der Waals surface area contributed by atoms with Crippen LogP contribution in [0.15, 0.2) is 100 Å². The van der Waals surface area contributed by atoms with Gasteiger partial charge in [-0.15, -0.1) is 5.11 Å². The molecular weight excluding hydrogens is 322 g/mol. The monoisotopic (exact) mass is 337 g/mol. The van der Waals surface area contributed by atoms with Crippen LogP contribution >= 0.6 is 0 Å². The van der Waals surface area contributed by atoms with Gasteiger partial charge in [0.15, 0.2) is 0 Å². The molecule has 0 unspecified atom stereocenters. The molecule has 3 rings (SSSR count). The molecule has 120 valence electrons. The van der Waals surface area contributed by atoms with Gasteiger partial charge in [0.25, 0.3) is 10.0 Å². The van der Waals surface area contributed by atoms with Crippen molar-refractivity contribution < 1.29 is 8.42 Å². The van der Waals surface area contributed by atoms with Gasteiger partial charge in [-0.3, -0.25) is 4.72 Å². The third kappa shape index (κ3) is 3.85. The Balaban J connectivity index is 1.89. The summed E-state index contributed by atoms with van der Waals surface area (Å²) in [6.45, 7) is 0. The second-order valence-corrected chi connectivity index (χ2v) is 6.65. The van der Waals surface area contributed by atoms with Crippen LogP contribution in [0.5, 0.6) is 0 Å². The Morgan fingerprint density at radius 3 is 1.96 bits per heavy atom. The Morgan fingerprint density at radius 1 is 0.667 bits per heavy atom. The zero-order chi connectivity index (χ0) is 16.8. The van der Waals surface area contributed by atoms with Crippen molar-refractivity contribution >= 4 is 27.1 Å². The molecule has 0 atom stereocenters. The van der Waals surface area contributed by atoms with Gasteiger partial charge in [0.05, 0.1) is 16.3 Å². The first-order valence-corrected chi connectivity index (χ1v) is 8.77. The van der Waals surface area contributed by atoms with Gasteiger partial charge in [-0.05, 0) is 36.4 Å². The van der Waals surface area contributed by atoms with E-state index in [2.05, 4.69) is 15.0 Å². The van der Waals surface area contributed by atoms with Crippen LogP contribution in [-0.2, 0) is 10.0 Å².